The number of amides is 1. The van der Waals surface area contributed by atoms with Gasteiger partial charge in [0, 0.05) is 11.7 Å². The molecule has 1 fully saturated rings. The third kappa shape index (κ3) is 2.98. The van der Waals surface area contributed by atoms with Gasteiger partial charge in [-0.1, -0.05) is 17.7 Å². The number of aliphatic carboxylic acids is 1. The number of carbonyl (C=O) groups excluding carboxylic acids is 1. The molecule has 6 heteroatoms. The van der Waals surface area contributed by atoms with Gasteiger partial charge in [-0.25, -0.2) is 0 Å². The van der Waals surface area contributed by atoms with Gasteiger partial charge < -0.3 is 16.2 Å². The average Bonchev–Trinajstić information content (AvgIpc) is 2.77. The van der Waals surface area contributed by atoms with Crippen LogP contribution in [0.25, 0.3) is 0 Å². The molecule has 0 spiro atoms. The molecule has 1 amide bonds. The van der Waals surface area contributed by atoms with Gasteiger partial charge in [0.05, 0.1) is 16.5 Å². The summed E-state index contributed by atoms with van der Waals surface area (Å²) >= 11 is 5.95. The maximum absolute atomic E-state index is 11.4. The molecule has 1 aliphatic rings. The molecule has 1 aromatic rings. The normalized spacial score (nSPS) is 22.2. The monoisotopic (exact) mass is 282 g/mol. The van der Waals surface area contributed by atoms with E-state index in [0.29, 0.717) is 23.6 Å². The van der Waals surface area contributed by atoms with Gasteiger partial charge in [0.15, 0.2) is 0 Å². The van der Waals surface area contributed by atoms with E-state index in [1.165, 1.54) is 0 Å². The topological polar surface area (TPSA) is 92.4 Å². The number of rotatable bonds is 4. The fourth-order valence-electron chi connectivity index (χ4n) is 2.45. The van der Waals surface area contributed by atoms with Gasteiger partial charge >= 0.3 is 5.97 Å². The molecule has 0 radical (unpaired) electrons. The summed E-state index contributed by atoms with van der Waals surface area (Å²) in [6.07, 6.45) is 1.93. The Morgan fingerprint density at radius 3 is 2.68 bits per heavy atom. The number of hydrogen-bond donors (Lipinski definition) is 3. The molecule has 0 bridgehead atoms. The van der Waals surface area contributed by atoms with Crippen molar-refractivity contribution in [1.82, 2.24) is 0 Å². The zero-order valence-corrected chi connectivity index (χ0v) is 11.0. The Morgan fingerprint density at radius 1 is 1.37 bits per heavy atom. The highest BCUT2D eigenvalue weighted by molar-refractivity contribution is 6.34. The van der Waals surface area contributed by atoms with Crippen LogP contribution in [0.15, 0.2) is 18.2 Å². The highest BCUT2D eigenvalue weighted by Gasteiger charge is 2.30. The first kappa shape index (κ1) is 13.7. The van der Waals surface area contributed by atoms with E-state index in [1.54, 1.807) is 18.2 Å². The summed E-state index contributed by atoms with van der Waals surface area (Å²) in [6, 6.07) is 5.07. The first-order valence-corrected chi connectivity index (χ1v) is 6.44. The van der Waals surface area contributed by atoms with Crippen molar-refractivity contribution >= 4 is 29.2 Å². The Labute approximate surface area is 115 Å². The van der Waals surface area contributed by atoms with Crippen molar-refractivity contribution in [2.75, 3.05) is 5.32 Å². The second kappa shape index (κ2) is 5.48. The summed E-state index contributed by atoms with van der Waals surface area (Å²) < 4.78 is 0. The highest BCUT2D eigenvalue weighted by atomic mass is 35.5. The Balaban J connectivity index is 2.14. The molecule has 4 N–H and O–H groups in total. The number of hydrogen-bond acceptors (Lipinski definition) is 3. The molecule has 5 nitrogen and oxygen atoms in total. The van der Waals surface area contributed by atoms with Gasteiger partial charge in [0.25, 0.3) is 5.91 Å². The van der Waals surface area contributed by atoms with E-state index in [2.05, 4.69) is 5.32 Å². The molecule has 2 atom stereocenters. The molecule has 102 valence electrons. The zero-order chi connectivity index (χ0) is 14.0. The van der Waals surface area contributed by atoms with Crippen LogP contribution in [0.4, 0.5) is 5.69 Å². The summed E-state index contributed by atoms with van der Waals surface area (Å²) in [7, 11) is 0. The van der Waals surface area contributed by atoms with Gasteiger partial charge in [-0.15, -0.1) is 0 Å². The minimum absolute atomic E-state index is 0.0256. The zero-order valence-electron chi connectivity index (χ0n) is 10.2. The van der Waals surface area contributed by atoms with Crippen LogP contribution < -0.4 is 11.1 Å². The van der Waals surface area contributed by atoms with Gasteiger partial charge in [-0.05, 0) is 31.4 Å². The van der Waals surface area contributed by atoms with E-state index in [4.69, 9.17) is 22.4 Å². The lowest BCUT2D eigenvalue weighted by Gasteiger charge is -2.16. The molecule has 0 aromatic heterocycles. The van der Waals surface area contributed by atoms with Gasteiger partial charge in [-0.3, -0.25) is 9.59 Å². The van der Waals surface area contributed by atoms with E-state index < -0.39 is 11.9 Å². The molecule has 1 saturated carbocycles. The molecular formula is C13H15ClN2O3. The Kier molecular flexibility index (Phi) is 3.95. The van der Waals surface area contributed by atoms with Gasteiger partial charge in [-0.2, -0.15) is 0 Å². The van der Waals surface area contributed by atoms with E-state index in [9.17, 15) is 9.59 Å². The van der Waals surface area contributed by atoms with Crippen molar-refractivity contribution in [1.29, 1.82) is 0 Å². The SMILES string of the molecule is NC(=O)c1c(Cl)cccc1NC1CCC(C(=O)O)C1. The number of nitrogens with one attached hydrogen (secondary N) is 1. The highest BCUT2D eigenvalue weighted by Crippen LogP contribution is 2.31. The molecule has 19 heavy (non-hydrogen) atoms. The van der Waals surface area contributed by atoms with Crippen molar-refractivity contribution < 1.29 is 14.7 Å². The lowest BCUT2D eigenvalue weighted by molar-refractivity contribution is -0.141. The van der Waals surface area contributed by atoms with Crippen LogP contribution >= 0.6 is 11.6 Å². The van der Waals surface area contributed by atoms with Crippen LogP contribution in [0.2, 0.25) is 5.02 Å². The summed E-state index contributed by atoms with van der Waals surface area (Å²) in [6.45, 7) is 0. The summed E-state index contributed by atoms with van der Waals surface area (Å²) in [5.41, 5.74) is 6.13. The average molecular weight is 283 g/mol. The van der Waals surface area contributed by atoms with E-state index >= 15 is 0 Å². The van der Waals surface area contributed by atoms with Crippen molar-refractivity contribution in [3.05, 3.63) is 28.8 Å². The number of primary amides is 1. The summed E-state index contributed by atoms with van der Waals surface area (Å²) in [5, 5.41) is 12.4. The van der Waals surface area contributed by atoms with Crippen molar-refractivity contribution in [2.24, 2.45) is 11.7 Å². The predicted molar refractivity (Wildman–Crippen MR) is 72.4 cm³/mol. The number of halogens is 1. The van der Waals surface area contributed by atoms with Gasteiger partial charge in [0.2, 0.25) is 0 Å². The minimum Gasteiger partial charge on any atom is -0.481 e. The van der Waals surface area contributed by atoms with Crippen molar-refractivity contribution in [3.8, 4) is 0 Å². The summed E-state index contributed by atoms with van der Waals surface area (Å²) in [5.74, 6) is -1.69. The largest absolute Gasteiger partial charge is 0.481 e. The molecule has 1 aliphatic carbocycles. The smallest absolute Gasteiger partial charge is 0.306 e. The lowest BCUT2D eigenvalue weighted by atomic mass is 10.1. The maximum atomic E-state index is 11.4. The number of carboxylic acids is 1. The maximum Gasteiger partial charge on any atom is 0.306 e. The third-order valence-electron chi connectivity index (χ3n) is 3.40. The van der Waals surface area contributed by atoms with Crippen LogP contribution in [0.5, 0.6) is 0 Å². The fourth-order valence-corrected chi connectivity index (χ4v) is 2.72. The third-order valence-corrected chi connectivity index (χ3v) is 3.72. The van der Waals surface area contributed by atoms with Crippen LogP contribution in [-0.4, -0.2) is 23.0 Å². The Hall–Kier alpha value is -1.75. The number of benzene rings is 1. The minimum atomic E-state index is -0.773. The van der Waals surface area contributed by atoms with Crippen LogP contribution in [0.3, 0.4) is 0 Å². The molecule has 0 heterocycles. The molecular weight excluding hydrogens is 268 g/mol. The van der Waals surface area contributed by atoms with E-state index in [-0.39, 0.29) is 17.5 Å². The predicted octanol–water partition coefficient (Wildman–Crippen LogP) is 2.10. The number of nitrogens with two attached hydrogens (primary N) is 1. The second-order valence-electron chi connectivity index (χ2n) is 4.72. The van der Waals surface area contributed by atoms with Crippen molar-refractivity contribution in [3.63, 3.8) is 0 Å². The van der Waals surface area contributed by atoms with Crippen molar-refractivity contribution in [2.45, 2.75) is 25.3 Å². The van der Waals surface area contributed by atoms with Crippen LogP contribution in [0.1, 0.15) is 29.6 Å². The second-order valence-corrected chi connectivity index (χ2v) is 5.12. The Morgan fingerprint density at radius 2 is 2.11 bits per heavy atom. The molecule has 1 aromatic carbocycles. The number of anilines is 1. The van der Waals surface area contributed by atoms with Gasteiger partial charge in [0.1, 0.15) is 0 Å². The Bertz CT molecular complexity index is 519. The van der Waals surface area contributed by atoms with E-state index in [1.807, 2.05) is 0 Å². The molecule has 0 aliphatic heterocycles. The molecule has 2 rings (SSSR count). The molecule has 2 unspecified atom stereocenters. The van der Waals surface area contributed by atoms with Crippen LogP contribution in [-0.2, 0) is 4.79 Å². The molecule has 0 saturated heterocycles. The van der Waals surface area contributed by atoms with Crippen LogP contribution in [0, 0.1) is 5.92 Å². The van der Waals surface area contributed by atoms with E-state index in [0.717, 1.165) is 6.42 Å². The lowest BCUT2D eigenvalue weighted by Crippen LogP contribution is -2.21. The number of carboxylic acid groups (broad SMARTS) is 1. The summed E-state index contributed by atoms with van der Waals surface area (Å²) in [4.78, 5) is 22.3. The fraction of sp³-hybridized carbons (Fsp3) is 0.385. The first-order valence-electron chi connectivity index (χ1n) is 6.06. The quantitative estimate of drug-likeness (QED) is 0.788. The number of carbonyl (C=O) groups is 2. The first-order chi connectivity index (χ1) is 8.99. The standard InChI is InChI=1S/C13H15ClN2O3/c14-9-2-1-3-10(11(9)12(15)17)16-8-5-4-7(6-8)13(18)19/h1-3,7-8,16H,4-6H2,(H2,15,17)(H,18,19).